The summed E-state index contributed by atoms with van der Waals surface area (Å²) in [6.07, 6.45) is -4.78. The summed E-state index contributed by atoms with van der Waals surface area (Å²) in [6.45, 7) is 1.74. The zero-order chi connectivity index (χ0) is 20.3. The highest BCUT2D eigenvalue weighted by Gasteiger charge is 2.31. The van der Waals surface area contributed by atoms with E-state index >= 15 is 0 Å². The Morgan fingerprint density at radius 1 is 1.18 bits per heavy atom. The van der Waals surface area contributed by atoms with Crippen LogP contribution in [0.1, 0.15) is 17.4 Å². The van der Waals surface area contributed by atoms with Crippen LogP contribution in [0.4, 0.5) is 18.9 Å². The van der Waals surface area contributed by atoms with E-state index in [0.717, 1.165) is 22.3 Å². The largest absolute Gasteiger partial charge is 0.573 e. The van der Waals surface area contributed by atoms with Crippen molar-refractivity contribution in [1.82, 2.24) is 4.57 Å². The highest BCUT2D eigenvalue weighted by molar-refractivity contribution is 7.16. The second-order valence-corrected chi connectivity index (χ2v) is 6.53. The van der Waals surface area contributed by atoms with Crippen molar-refractivity contribution >= 4 is 39.1 Å². The van der Waals surface area contributed by atoms with E-state index in [1.807, 2.05) is 11.4 Å². The highest BCUT2D eigenvalue weighted by Crippen LogP contribution is 2.27. The van der Waals surface area contributed by atoms with Gasteiger partial charge in [-0.3, -0.25) is 4.79 Å². The average molecular weight is 412 g/mol. The van der Waals surface area contributed by atoms with Gasteiger partial charge in [0, 0.05) is 11.1 Å². The molecule has 0 radical (unpaired) electrons. The number of ether oxygens (including phenoxy) is 2. The highest BCUT2D eigenvalue weighted by atomic mass is 32.1. The van der Waals surface area contributed by atoms with Gasteiger partial charge >= 0.3 is 12.3 Å². The van der Waals surface area contributed by atoms with Crippen LogP contribution >= 0.6 is 11.3 Å². The molecular formula is C18H15F3N2O4S. The van der Waals surface area contributed by atoms with Crippen molar-refractivity contribution in [2.75, 3.05) is 11.9 Å². The molecule has 0 spiro atoms. The molecule has 3 aromatic rings. The summed E-state index contributed by atoms with van der Waals surface area (Å²) in [5.74, 6) is -1.37. The number of carbonyl (C=O) groups is 2. The number of amides is 1. The molecule has 2 heterocycles. The van der Waals surface area contributed by atoms with E-state index in [0.29, 0.717) is 5.69 Å². The lowest BCUT2D eigenvalue weighted by molar-refractivity contribution is -0.274. The maximum atomic E-state index is 12.4. The van der Waals surface area contributed by atoms with Gasteiger partial charge in [0.25, 0.3) is 0 Å². The summed E-state index contributed by atoms with van der Waals surface area (Å²) in [6, 6.07) is 8.26. The lowest BCUT2D eigenvalue weighted by Gasteiger charge is -2.11. The topological polar surface area (TPSA) is 69.6 Å². The Kier molecular flexibility index (Phi) is 5.59. The van der Waals surface area contributed by atoms with Gasteiger partial charge in [0.2, 0.25) is 5.91 Å². The van der Waals surface area contributed by atoms with E-state index in [2.05, 4.69) is 10.1 Å². The van der Waals surface area contributed by atoms with E-state index < -0.39 is 18.2 Å². The van der Waals surface area contributed by atoms with Gasteiger partial charge in [-0.25, -0.2) is 4.79 Å². The monoisotopic (exact) mass is 412 g/mol. The normalized spacial score (nSPS) is 11.4. The second kappa shape index (κ2) is 7.93. The third-order valence-corrected chi connectivity index (χ3v) is 4.61. The smallest absolute Gasteiger partial charge is 0.461 e. The van der Waals surface area contributed by atoms with Crippen LogP contribution in [-0.4, -0.2) is 29.4 Å². The van der Waals surface area contributed by atoms with Crippen molar-refractivity contribution in [1.29, 1.82) is 0 Å². The lowest BCUT2D eigenvalue weighted by Crippen LogP contribution is -2.22. The van der Waals surface area contributed by atoms with Gasteiger partial charge in [0.15, 0.2) is 0 Å². The SMILES string of the molecule is CCOC(=O)c1cc2ccsc2n1CC(=O)Nc1ccc(OC(F)(F)F)cc1. The minimum Gasteiger partial charge on any atom is -0.461 e. The van der Waals surface area contributed by atoms with Crippen LogP contribution < -0.4 is 10.1 Å². The molecule has 2 aromatic heterocycles. The molecule has 0 aliphatic heterocycles. The van der Waals surface area contributed by atoms with Gasteiger partial charge in [-0.05, 0) is 48.7 Å². The Balaban J connectivity index is 1.73. The predicted octanol–water partition coefficient (Wildman–Crippen LogP) is 4.42. The number of esters is 1. The van der Waals surface area contributed by atoms with Crippen LogP contribution in [0.5, 0.6) is 5.75 Å². The number of alkyl halides is 3. The van der Waals surface area contributed by atoms with Gasteiger partial charge in [-0.15, -0.1) is 24.5 Å². The number of halogens is 3. The van der Waals surface area contributed by atoms with Crippen molar-refractivity contribution in [3.8, 4) is 5.75 Å². The Labute approximate surface area is 161 Å². The van der Waals surface area contributed by atoms with Gasteiger partial charge in [-0.1, -0.05) is 0 Å². The van der Waals surface area contributed by atoms with E-state index in [1.54, 1.807) is 17.6 Å². The molecule has 148 valence electrons. The molecule has 10 heteroatoms. The summed E-state index contributed by atoms with van der Waals surface area (Å²) in [5.41, 5.74) is 0.555. The Morgan fingerprint density at radius 3 is 2.54 bits per heavy atom. The fourth-order valence-electron chi connectivity index (χ4n) is 2.59. The van der Waals surface area contributed by atoms with Crippen LogP contribution in [-0.2, 0) is 16.1 Å². The summed E-state index contributed by atoms with van der Waals surface area (Å²) in [7, 11) is 0. The first kappa shape index (κ1) is 19.7. The van der Waals surface area contributed by atoms with Crippen LogP contribution in [0.2, 0.25) is 0 Å². The molecule has 0 saturated carbocycles. The third kappa shape index (κ3) is 4.63. The first-order valence-corrected chi connectivity index (χ1v) is 9.04. The van der Waals surface area contributed by atoms with E-state index in [4.69, 9.17) is 4.74 Å². The standard InChI is InChI=1S/C18H15F3N2O4S/c1-2-26-17(25)14-9-11-7-8-28-16(11)23(14)10-15(24)22-12-3-5-13(6-4-12)27-18(19,20)21/h3-9H,2,10H2,1H3,(H,22,24). The number of carbonyl (C=O) groups excluding carboxylic acids is 2. The molecule has 0 saturated heterocycles. The number of hydrogen-bond acceptors (Lipinski definition) is 5. The number of hydrogen-bond donors (Lipinski definition) is 1. The second-order valence-electron chi connectivity index (χ2n) is 5.64. The molecule has 0 atom stereocenters. The fraction of sp³-hybridized carbons (Fsp3) is 0.222. The van der Waals surface area contributed by atoms with E-state index in [9.17, 15) is 22.8 Å². The lowest BCUT2D eigenvalue weighted by atomic mass is 10.3. The summed E-state index contributed by atoms with van der Waals surface area (Å²) in [5, 5.41) is 5.24. The van der Waals surface area contributed by atoms with Gasteiger partial charge < -0.3 is 19.4 Å². The third-order valence-electron chi connectivity index (χ3n) is 3.66. The number of benzene rings is 1. The minimum absolute atomic E-state index is 0.154. The van der Waals surface area contributed by atoms with Gasteiger partial charge in [0.1, 0.15) is 22.8 Å². The zero-order valence-electron chi connectivity index (χ0n) is 14.6. The van der Waals surface area contributed by atoms with Crippen LogP contribution in [0.15, 0.2) is 41.8 Å². The Bertz CT molecular complexity index is 993. The molecule has 1 N–H and O–H groups in total. The molecule has 0 unspecified atom stereocenters. The fourth-order valence-corrected chi connectivity index (χ4v) is 3.49. The molecule has 0 aliphatic carbocycles. The molecule has 3 rings (SSSR count). The number of thiophene rings is 1. The summed E-state index contributed by atoms with van der Waals surface area (Å²) < 4.78 is 46.9. The molecule has 6 nitrogen and oxygen atoms in total. The molecule has 0 fully saturated rings. The van der Waals surface area contributed by atoms with Crippen LogP contribution in [0.25, 0.3) is 10.2 Å². The van der Waals surface area contributed by atoms with Crippen LogP contribution in [0.3, 0.4) is 0 Å². The van der Waals surface area contributed by atoms with Crippen molar-refractivity contribution in [2.45, 2.75) is 19.8 Å². The molecule has 1 amide bonds. The number of aromatic nitrogens is 1. The van der Waals surface area contributed by atoms with Gasteiger partial charge in [0.05, 0.1) is 6.61 Å². The minimum atomic E-state index is -4.78. The number of fused-ring (bicyclic) bond motifs is 1. The quantitative estimate of drug-likeness (QED) is 0.609. The van der Waals surface area contributed by atoms with Crippen molar-refractivity contribution in [2.24, 2.45) is 0 Å². The van der Waals surface area contributed by atoms with Crippen LogP contribution in [0, 0.1) is 0 Å². The molecule has 0 bridgehead atoms. The molecule has 0 aliphatic rings. The number of nitrogens with one attached hydrogen (secondary N) is 1. The number of rotatable bonds is 6. The van der Waals surface area contributed by atoms with E-state index in [1.165, 1.54) is 23.5 Å². The number of anilines is 1. The average Bonchev–Trinajstić information content (AvgIpc) is 3.18. The number of nitrogens with zero attached hydrogens (tertiary/aromatic N) is 1. The maximum absolute atomic E-state index is 12.4. The molecule has 28 heavy (non-hydrogen) atoms. The summed E-state index contributed by atoms with van der Waals surface area (Å²) >= 11 is 1.38. The van der Waals surface area contributed by atoms with Crippen molar-refractivity contribution in [3.63, 3.8) is 0 Å². The molecular weight excluding hydrogens is 397 g/mol. The summed E-state index contributed by atoms with van der Waals surface area (Å²) in [4.78, 5) is 25.3. The predicted molar refractivity (Wildman–Crippen MR) is 97.5 cm³/mol. The van der Waals surface area contributed by atoms with E-state index in [-0.39, 0.29) is 24.6 Å². The van der Waals surface area contributed by atoms with Crippen molar-refractivity contribution < 1.29 is 32.2 Å². The Morgan fingerprint density at radius 2 is 1.89 bits per heavy atom. The maximum Gasteiger partial charge on any atom is 0.573 e. The Hall–Kier alpha value is -3.01. The van der Waals surface area contributed by atoms with Gasteiger partial charge in [-0.2, -0.15) is 0 Å². The zero-order valence-corrected chi connectivity index (χ0v) is 15.4. The first-order valence-electron chi connectivity index (χ1n) is 8.16. The first-order chi connectivity index (χ1) is 13.3. The van der Waals surface area contributed by atoms with Crippen molar-refractivity contribution in [3.05, 3.63) is 47.5 Å². The molecule has 1 aromatic carbocycles.